The van der Waals surface area contributed by atoms with Gasteiger partial charge in [0.25, 0.3) is 5.91 Å². The third-order valence-electron chi connectivity index (χ3n) is 4.35. The zero-order valence-electron chi connectivity index (χ0n) is 18.3. The van der Waals surface area contributed by atoms with Gasteiger partial charge < -0.3 is 14.8 Å². The van der Waals surface area contributed by atoms with Gasteiger partial charge in [0.1, 0.15) is 0 Å². The molecule has 0 unspecified atom stereocenters. The number of carbonyl (C=O) groups excluding carboxylic acids is 2. The number of hydrazine groups is 1. The molecule has 31 heavy (non-hydrogen) atoms. The number of methoxy groups -OCH3 is 2. The Morgan fingerprint density at radius 2 is 1.90 bits per heavy atom. The fraction of sp³-hybridized carbons (Fsp3) is 0.273. The van der Waals surface area contributed by atoms with Crippen LogP contribution in [0.25, 0.3) is 11.6 Å². The summed E-state index contributed by atoms with van der Waals surface area (Å²) in [6.45, 7) is 9.59. The molecule has 3 amide bonds. The van der Waals surface area contributed by atoms with Crippen LogP contribution < -0.4 is 25.6 Å². The summed E-state index contributed by atoms with van der Waals surface area (Å²) < 4.78 is 10.1. The van der Waals surface area contributed by atoms with Crippen LogP contribution in [0, 0.1) is 0 Å². The summed E-state index contributed by atoms with van der Waals surface area (Å²) in [5.74, 6) is -0.296. The molecule has 1 aromatic heterocycles. The number of aromatic nitrogens is 2. The fourth-order valence-corrected chi connectivity index (χ4v) is 2.62. The van der Waals surface area contributed by atoms with Gasteiger partial charge >= 0.3 is 12.0 Å². The summed E-state index contributed by atoms with van der Waals surface area (Å²) in [5, 5.41) is 2.83. The number of nitrogens with zero attached hydrogens (tertiary/aromatic N) is 2. The fourth-order valence-electron chi connectivity index (χ4n) is 2.62. The molecule has 0 saturated carbocycles. The van der Waals surface area contributed by atoms with Crippen molar-refractivity contribution < 1.29 is 19.1 Å². The van der Waals surface area contributed by atoms with Crippen LogP contribution in [0.3, 0.4) is 0 Å². The van der Waals surface area contributed by atoms with Gasteiger partial charge in [0.05, 0.1) is 25.3 Å². The van der Waals surface area contributed by atoms with Crippen molar-refractivity contribution in [2.75, 3.05) is 14.2 Å². The summed E-state index contributed by atoms with van der Waals surface area (Å²) in [6.07, 6.45) is 4.13. The molecule has 0 bridgehead atoms. The van der Waals surface area contributed by atoms with Crippen molar-refractivity contribution in [3.8, 4) is 11.9 Å². The van der Waals surface area contributed by atoms with Gasteiger partial charge in [-0.15, -0.1) is 0 Å². The standard InChI is InChI=1S/C22H27N5O4/c1-14(2)15-8-7-9-17(12-15)22(3,4)25-20(29)27-26-18(28)11-10-16-13-23-21(31-6)24-19(16)30-5/h7-13H,1H2,2-6H3,(H,26,28)(H2,25,27,29). The Morgan fingerprint density at radius 3 is 2.55 bits per heavy atom. The van der Waals surface area contributed by atoms with E-state index in [1.807, 2.05) is 45.0 Å². The van der Waals surface area contributed by atoms with Gasteiger partial charge in [0.2, 0.25) is 5.88 Å². The van der Waals surface area contributed by atoms with Crippen molar-refractivity contribution in [2.24, 2.45) is 0 Å². The number of allylic oxidation sites excluding steroid dienone is 1. The van der Waals surface area contributed by atoms with Crippen molar-refractivity contribution in [3.05, 3.63) is 59.8 Å². The van der Waals surface area contributed by atoms with Crippen LogP contribution in [0.5, 0.6) is 11.9 Å². The van der Waals surface area contributed by atoms with E-state index in [4.69, 9.17) is 9.47 Å². The molecule has 0 spiro atoms. The maximum absolute atomic E-state index is 12.3. The molecule has 0 aliphatic carbocycles. The van der Waals surface area contributed by atoms with E-state index in [9.17, 15) is 9.59 Å². The van der Waals surface area contributed by atoms with Crippen LogP contribution in [0.2, 0.25) is 0 Å². The van der Waals surface area contributed by atoms with Gasteiger partial charge in [0, 0.05) is 12.3 Å². The second-order valence-electron chi connectivity index (χ2n) is 7.21. The van der Waals surface area contributed by atoms with Crippen molar-refractivity contribution in [1.29, 1.82) is 0 Å². The average molecular weight is 425 g/mol. The maximum atomic E-state index is 12.3. The minimum Gasteiger partial charge on any atom is -0.480 e. The number of benzene rings is 1. The molecule has 3 N–H and O–H groups in total. The van der Waals surface area contributed by atoms with Crippen LogP contribution in [0.1, 0.15) is 37.5 Å². The lowest BCUT2D eigenvalue weighted by atomic mass is 9.92. The van der Waals surface area contributed by atoms with E-state index in [0.29, 0.717) is 5.56 Å². The third kappa shape index (κ3) is 6.56. The minimum absolute atomic E-state index is 0.146. The third-order valence-corrected chi connectivity index (χ3v) is 4.35. The first kappa shape index (κ1) is 23.4. The predicted molar refractivity (Wildman–Crippen MR) is 118 cm³/mol. The summed E-state index contributed by atoms with van der Waals surface area (Å²) in [4.78, 5) is 32.3. The number of hydrogen-bond donors (Lipinski definition) is 3. The Morgan fingerprint density at radius 1 is 1.16 bits per heavy atom. The highest BCUT2D eigenvalue weighted by atomic mass is 16.5. The van der Waals surface area contributed by atoms with Crippen LogP contribution in [0.15, 0.2) is 43.1 Å². The smallest absolute Gasteiger partial charge is 0.334 e. The molecule has 0 aliphatic heterocycles. The first-order valence-electron chi connectivity index (χ1n) is 9.44. The molecule has 0 aliphatic rings. The van der Waals surface area contributed by atoms with Gasteiger partial charge in [0.15, 0.2) is 0 Å². The lowest BCUT2D eigenvalue weighted by Gasteiger charge is -2.27. The molecule has 0 atom stereocenters. The molecular formula is C22H27N5O4. The Labute approximate surface area is 181 Å². The van der Waals surface area contributed by atoms with E-state index < -0.39 is 17.5 Å². The minimum atomic E-state index is -0.677. The highest BCUT2D eigenvalue weighted by Crippen LogP contribution is 2.23. The molecule has 2 aromatic rings. The van der Waals surface area contributed by atoms with Crippen LogP contribution in [-0.2, 0) is 10.3 Å². The monoisotopic (exact) mass is 425 g/mol. The van der Waals surface area contributed by atoms with Crippen molar-refractivity contribution in [1.82, 2.24) is 26.1 Å². The highest BCUT2D eigenvalue weighted by Gasteiger charge is 2.23. The molecule has 9 nitrogen and oxygen atoms in total. The largest absolute Gasteiger partial charge is 0.480 e. The zero-order valence-corrected chi connectivity index (χ0v) is 18.3. The Balaban J connectivity index is 1.95. The molecule has 1 aromatic carbocycles. The summed E-state index contributed by atoms with van der Waals surface area (Å²) >= 11 is 0. The number of hydrogen-bond acceptors (Lipinski definition) is 6. The maximum Gasteiger partial charge on any atom is 0.334 e. The Kier molecular flexibility index (Phi) is 7.73. The Bertz CT molecular complexity index is 1000. The summed E-state index contributed by atoms with van der Waals surface area (Å²) in [6, 6.07) is 7.33. The lowest BCUT2D eigenvalue weighted by Crippen LogP contribution is -2.52. The molecule has 2 rings (SSSR count). The molecule has 0 radical (unpaired) electrons. The van der Waals surface area contributed by atoms with Crippen LogP contribution in [0.4, 0.5) is 4.79 Å². The highest BCUT2D eigenvalue weighted by molar-refractivity contribution is 5.93. The number of ether oxygens (including phenoxy) is 2. The summed E-state index contributed by atoms with van der Waals surface area (Å²) in [5.41, 5.74) is 7.26. The quantitative estimate of drug-likeness (QED) is 0.464. The number of nitrogens with one attached hydrogen (secondary N) is 3. The SMILES string of the molecule is C=C(C)c1cccc(C(C)(C)NC(=O)NNC(=O)C=Cc2cnc(OC)nc2OC)c1. The zero-order chi connectivity index (χ0) is 23.0. The second-order valence-corrected chi connectivity index (χ2v) is 7.21. The van der Waals surface area contributed by atoms with E-state index >= 15 is 0 Å². The number of carbonyl (C=O) groups is 2. The van der Waals surface area contributed by atoms with E-state index in [1.165, 1.54) is 32.6 Å². The van der Waals surface area contributed by atoms with E-state index in [-0.39, 0.29) is 11.9 Å². The normalized spacial score (nSPS) is 11.0. The first-order valence-corrected chi connectivity index (χ1v) is 9.44. The average Bonchev–Trinajstić information content (AvgIpc) is 2.75. The van der Waals surface area contributed by atoms with Gasteiger partial charge in [-0.1, -0.05) is 30.4 Å². The topological polar surface area (TPSA) is 114 Å². The Hall–Kier alpha value is -3.88. The first-order chi connectivity index (χ1) is 14.7. The van der Waals surface area contributed by atoms with Crippen molar-refractivity contribution in [2.45, 2.75) is 26.3 Å². The van der Waals surface area contributed by atoms with Gasteiger partial charge in [-0.3, -0.25) is 10.2 Å². The lowest BCUT2D eigenvalue weighted by molar-refractivity contribution is -0.117. The van der Waals surface area contributed by atoms with Crippen LogP contribution in [-0.4, -0.2) is 36.1 Å². The molecule has 9 heteroatoms. The van der Waals surface area contributed by atoms with Gasteiger partial charge in [-0.05, 0) is 44.0 Å². The van der Waals surface area contributed by atoms with Gasteiger partial charge in [-0.25, -0.2) is 15.2 Å². The number of urea groups is 1. The number of rotatable bonds is 7. The van der Waals surface area contributed by atoms with Crippen LogP contribution >= 0.6 is 0 Å². The molecule has 0 fully saturated rings. The van der Waals surface area contributed by atoms with Crippen molar-refractivity contribution >= 4 is 23.6 Å². The van der Waals surface area contributed by atoms with Crippen molar-refractivity contribution in [3.63, 3.8) is 0 Å². The molecular weight excluding hydrogens is 398 g/mol. The molecule has 0 saturated heterocycles. The van der Waals surface area contributed by atoms with E-state index in [0.717, 1.165) is 16.7 Å². The molecule has 1 heterocycles. The summed E-state index contributed by atoms with van der Waals surface area (Å²) in [7, 11) is 2.88. The van der Waals surface area contributed by atoms with Gasteiger partial charge in [-0.2, -0.15) is 4.98 Å². The van der Waals surface area contributed by atoms with E-state index in [2.05, 4.69) is 32.7 Å². The van der Waals surface area contributed by atoms with E-state index in [1.54, 1.807) is 0 Å². The second kappa shape index (κ2) is 10.2. The molecule has 164 valence electrons. The predicted octanol–water partition coefficient (Wildman–Crippen LogP) is 2.81. The number of amides is 3.